The molecule has 0 aliphatic heterocycles. The summed E-state index contributed by atoms with van der Waals surface area (Å²) >= 11 is 0. The molecule has 0 amide bonds. The minimum atomic E-state index is -4.70. The van der Waals surface area contributed by atoms with E-state index in [9.17, 15) is 13.2 Å². The smallest absolute Gasteiger partial charge is 0.406 e. The highest BCUT2D eigenvalue weighted by Gasteiger charge is 2.31. The normalized spacial score (nSPS) is 16.1. The zero-order valence-electron chi connectivity index (χ0n) is 10.5. The van der Waals surface area contributed by atoms with Crippen LogP contribution in [-0.4, -0.2) is 18.4 Å². The van der Waals surface area contributed by atoms with Gasteiger partial charge in [0, 0.05) is 11.8 Å². The Kier molecular flexibility index (Phi) is 5.90. The molecule has 8 heteroatoms. The fourth-order valence-corrected chi connectivity index (χ4v) is 1.66. The second-order valence-electron chi connectivity index (χ2n) is 4.30. The third-order valence-electron chi connectivity index (χ3n) is 2.74. The van der Waals surface area contributed by atoms with E-state index in [0.29, 0.717) is 5.69 Å². The molecule has 1 aliphatic rings. The van der Waals surface area contributed by atoms with Gasteiger partial charge in [-0.25, -0.2) is 4.99 Å². The van der Waals surface area contributed by atoms with Gasteiger partial charge in [-0.2, -0.15) is 0 Å². The van der Waals surface area contributed by atoms with Gasteiger partial charge in [-0.3, -0.25) is 0 Å². The molecule has 0 radical (unpaired) electrons. The zero-order valence-corrected chi connectivity index (χ0v) is 12.8. The number of rotatable bonds is 3. The molecule has 0 heterocycles. The van der Waals surface area contributed by atoms with Gasteiger partial charge in [0.05, 0.1) is 6.04 Å². The molecule has 4 nitrogen and oxygen atoms in total. The summed E-state index contributed by atoms with van der Waals surface area (Å²) in [6.45, 7) is 0. The number of hydrogen-bond donors (Lipinski definition) is 2. The summed E-state index contributed by atoms with van der Waals surface area (Å²) in [4.78, 5) is 4.20. The van der Waals surface area contributed by atoms with E-state index in [4.69, 9.17) is 5.73 Å². The van der Waals surface area contributed by atoms with Gasteiger partial charge in [0.15, 0.2) is 5.96 Å². The van der Waals surface area contributed by atoms with Crippen LogP contribution >= 0.6 is 24.0 Å². The SMILES string of the molecule is I.NC(=NC1CCC1)Nc1cccc(OC(F)(F)F)c1. The van der Waals surface area contributed by atoms with Crippen LogP contribution in [0.1, 0.15) is 19.3 Å². The monoisotopic (exact) mass is 401 g/mol. The van der Waals surface area contributed by atoms with Gasteiger partial charge in [0.25, 0.3) is 0 Å². The second kappa shape index (κ2) is 7.00. The highest BCUT2D eigenvalue weighted by molar-refractivity contribution is 14.0. The van der Waals surface area contributed by atoms with E-state index in [1.54, 1.807) is 6.07 Å². The molecule has 0 saturated heterocycles. The fourth-order valence-electron chi connectivity index (χ4n) is 1.66. The van der Waals surface area contributed by atoms with Crippen molar-refractivity contribution in [2.45, 2.75) is 31.7 Å². The first-order chi connectivity index (χ1) is 8.92. The predicted octanol–water partition coefficient (Wildman–Crippen LogP) is 3.48. The van der Waals surface area contributed by atoms with Crippen LogP contribution < -0.4 is 15.8 Å². The molecule has 20 heavy (non-hydrogen) atoms. The Labute approximate surface area is 131 Å². The van der Waals surface area contributed by atoms with E-state index < -0.39 is 6.36 Å². The summed E-state index contributed by atoms with van der Waals surface area (Å²) < 4.78 is 40.0. The standard InChI is InChI=1S/C12H14F3N3O.HI/c13-12(14,15)19-10-6-2-5-9(7-10)18-11(16)17-8-3-1-4-8;/h2,5-8H,1,3-4H2,(H3,16,17,18);1H. The van der Waals surface area contributed by atoms with Crippen LogP contribution in [0.4, 0.5) is 18.9 Å². The lowest BCUT2D eigenvalue weighted by Crippen LogP contribution is -2.27. The van der Waals surface area contributed by atoms with Gasteiger partial charge in [-0.1, -0.05) is 6.07 Å². The Morgan fingerprint density at radius 3 is 2.60 bits per heavy atom. The third kappa shape index (κ3) is 5.43. The molecule has 0 atom stereocenters. The van der Waals surface area contributed by atoms with Crippen molar-refractivity contribution in [2.75, 3.05) is 5.32 Å². The van der Waals surface area contributed by atoms with Crippen LogP contribution in [0.25, 0.3) is 0 Å². The van der Waals surface area contributed by atoms with E-state index in [-0.39, 0.29) is 41.7 Å². The summed E-state index contributed by atoms with van der Waals surface area (Å²) in [7, 11) is 0. The maximum atomic E-state index is 12.1. The van der Waals surface area contributed by atoms with Gasteiger partial charge in [0.1, 0.15) is 5.75 Å². The number of nitrogens with two attached hydrogens (primary N) is 1. The lowest BCUT2D eigenvalue weighted by molar-refractivity contribution is -0.274. The molecule has 1 aliphatic carbocycles. The van der Waals surface area contributed by atoms with Crippen molar-refractivity contribution in [3.8, 4) is 5.75 Å². The summed E-state index contributed by atoms with van der Waals surface area (Å²) in [5.41, 5.74) is 6.07. The van der Waals surface area contributed by atoms with Crippen LogP contribution in [0.15, 0.2) is 29.3 Å². The second-order valence-corrected chi connectivity index (χ2v) is 4.30. The van der Waals surface area contributed by atoms with Crippen molar-refractivity contribution in [1.82, 2.24) is 0 Å². The molecule has 2 rings (SSSR count). The van der Waals surface area contributed by atoms with Crippen LogP contribution in [0.3, 0.4) is 0 Å². The number of anilines is 1. The van der Waals surface area contributed by atoms with Gasteiger partial charge >= 0.3 is 6.36 Å². The lowest BCUT2D eigenvalue weighted by atomic mass is 9.94. The maximum Gasteiger partial charge on any atom is 0.573 e. The number of nitrogens with one attached hydrogen (secondary N) is 1. The van der Waals surface area contributed by atoms with E-state index in [1.165, 1.54) is 18.2 Å². The zero-order chi connectivity index (χ0) is 13.9. The molecule has 112 valence electrons. The highest BCUT2D eigenvalue weighted by Crippen LogP contribution is 2.25. The topological polar surface area (TPSA) is 59.6 Å². The molecule has 1 fully saturated rings. The van der Waals surface area contributed by atoms with Crippen molar-refractivity contribution in [2.24, 2.45) is 10.7 Å². The quantitative estimate of drug-likeness (QED) is 0.463. The molecule has 0 spiro atoms. The fraction of sp³-hybridized carbons (Fsp3) is 0.417. The molecular formula is C12H15F3IN3O. The first kappa shape index (κ1) is 16.9. The van der Waals surface area contributed by atoms with Crippen molar-refractivity contribution < 1.29 is 17.9 Å². The molecule has 0 bridgehead atoms. The number of nitrogens with zero attached hydrogens (tertiary/aromatic N) is 1. The van der Waals surface area contributed by atoms with Gasteiger partial charge in [-0.15, -0.1) is 37.1 Å². The average molecular weight is 401 g/mol. The summed E-state index contributed by atoms with van der Waals surface area (Å²) in [6.07, 6.45) is -1.57. The Balaban J connectivity index is 0.00000200. The van der Waals surface area contributed by atoms with Gasteiger partial charge in [-0.05, 0) is 31.4 Å². The number of halogens is 4. The van der Waals surface area contributed by atoms with Crippen molar-refractivity contribution >= 4 is 35.6 Å². The first-order valence-electron chi connectivity index (χ1n) is 5.88. The Morgan fingerprint density at radius 2 is 2.05 bits per heavy atom. The molecule has 3 N–H and O–H groups in total. The highest BCUT2D eigenvalue weighted by atomic mass is 127. The van der Waals surface area contributed by atoms with Crippen LogP contribution in [0.5, 0.6) is 5.75 Å². The minimum Gasteiger partial charge on any atom is -0.406 e. The van der Waals surface area contributed by atoms with Crippen molar-refractivity contribution in [3.63, 3.8) is 0 Å². The molecule has 1 aromatic rings. The molecule has 0 unspecified atom stereocenters. The van der Waals surface area contributed by atoms with Crippen molar-refractivity contribution in [1.29, 1.82) is 0 Å². The molecular weight excluding hydrogens is 386 g/mol. The summed E-state index contributed by atoms with van der Waals surface area (Å²) in [6, 6.07) is 5.70. The molecule has 1 aromatic carbocycles. The van der Waals surface area contributed by atoms with Gasteiger partial charge in [0.2, 0.25) is 0 Å². The lowest BCUT2D eigenvalue weighted by Gasteiger charge is -2.21. The summed E-state index contributed by atoms with van der Waals surface area (Å²) in [5, 5.41) is 2.75. The van der Waals surface area contributed by atoms with E-state index in [2.05, 4.69) is 15.0 Å². The Hall–Kier alpha value is -1.19. The van der Waals surface area contributed by atoms with E-state index in [0.717, 1.165) is 19.3 Å². The number of guanidine groups is 1. The largest absolute Gasteiger partial charge is 0.573 e. The minimum absolute atomic E-state index is 0. The van der Waals surface area contributed by atoms with Crippen LogP contribution in [-0.2, 0) is 0 Å². The maximum absolute atomic E-state index is 12.1. The van der Waals surface area contributed by atoms with Crippen LogP contribution in [0.2, 0.25) is 0 Å². The number of aliphatic imine (C=N–C) groups is 1. The predicted molar refractivity (Wildman–Crippen MR) is 81.4 cm³/mol. The number of benzene rings is 1. The number of hydrogen-bond acceptors (Lipinski definition) is 2. The summed E-state index contributed by atoms with van der Waals surface area (Å²) in [5.74, 6) is -0.0946. The average Bonchev–Trinajstić information content (AvgIpc) is 2.21. The van der Waals surface area contributed by atoms with Crippen LogP contribution in [0, 0.1) is 0 Å². The van der Waals surface area contributed by atoms with Crippen molar-refractivity contribution in [3.05, 3.63) is 24.3 Å². The first-order valence-corrected chi connectivity index (χ1v) is 5.88. The number of ether oxygens (including phenoxy) is 1. The van der Waals surface area contributed by atoms with Gasteiger partial charge < -0.3 is 15.8 Å². The Bertz CT molecular complexity index is 475. The molecule has 1 saturated carbocycles. The Morgan fingerprint density at radius 1 is 1.35 bits per heavy atom. The molecule has 0 aromatic heterocycles. The van der Waals surface area contributed by atoms with E-state index >= 15 is 0 Å². The third-order valence-corrected chi connectivity index (χ3v) is 2.74. The van der Waals surface area contributed by atoms with E-state index in [1.807, 2.05) is 0 Å². The number of alkyl halides is 3.